The van der Waals surface area contributed by atoms with E-state index in [0.717, 1.165) is 5.69 Å². The van der Waals surface area contributed by atoms with Crippen LogP contribution >= 0.6 is 0 Å². The number of anilines is 2. The molecule has 0 unspecified atom stereocenters. The summed E-state index contributed by atoms with van der Waals surface area (Å²) in [6, 6.07) is 3.50. The zero-order valence-corrected chi connectivity index (χ0v) is 7.96. The van der Waals surface area contributed by atoms with Crippen molar-refractivity contribution in [3.63, 3.8) is 0 Å². The molecule has 2 heterocycles. The van der Waals surface area contributed by atoms with Gasteiger partial charge in [-0.1, -0.05) is 0 Å². The van der Waals surface area contributed by atoms with E-state index in [1.807, 2.05) is 6.07 Å². The summed E-state index contributed by atoms with van der Waals surface area (Å²) in [7, 11) is 0. The lowest BCUT2D eigenvalue weighted by atomic mass is 10.4. The third kappa shape index (κ3) is 2.60. The topological polar surface area (TPSA) is 89.6 Å². The maximum Gasteiger partial charge on any atom is 0.131 e. The molecule has 0 radical (unpaired) electrons. The summed E-state index contributed by atoms with van der Waals surface area (Å²) >= 11 is 0. The number of nitrogens with two attached hydrogens (primary N) is 1. The molecule has 0 saturated carbocycles. The molecular weight excluding hydrogens is 192 g/mol. The van der Waals surface area contributed by atoms with E-state index >= 15 is 0 Å². The van der Waals surface area contributed by atoms with Crippen molar-refractivity contribution < 1.29 is 0 Å². The second kappa shape index (κ2) is 4.32. The Morgan fingerprint density at radius 3 is 2.87 bits per heavy atom. The summed E-state index contributed by atoms with van der Waals surface area (Å²) in [5, 5.41) is 3.08. The van der Waals surface area contributed by atoms with Gasteiger partial charge in [-0.2, -0.15) is 0 Å². The molecule has 6 nitrogen and oxygen atoms in total. The lowest BCUT2D eigenvalue weighted by molar-refractivity contribution is 0.992. The fraction of sp³-hybridized carbons (Fsp3) is 0.111. The molecule has 0 amide bonds. The first kappa shape index (κ1) is 9.32. The summed E-state index contributed by atoms with van der Waals surface area (Å²) < 4.78 is 0. The highest BCUT2D eigenvalue weighted by molar-refractivity contribution is 5.43. The van der Waals surface area contributed by atoms with Crippen molar-refractivity contribution in [1.29, 1.82) is 0 Å². The Kier molecular flexibility index (Phi) is 2.68. The molecule has 3 N–H and O–H groups in total. The largest absolute Gasteiger partial charge is 0.384 e. The van der Waals surface area contributed by atoms with Gasteiger partial charge in [-0.05, 0) is 6.07 Å². The van der Waals surface area contributed by atoms with Gasteiger partial charge in [0.05, 0.1) is 12.2 Å². The quantitative estimate of drug-likeness (QED) is 0.751. The van der Waals surface area contributed by atoms with Crippen LogP contribution in [0.25, 0.3) is 0 Å². The van der Waals surface area contributed by atoms with Crippen molar-refractivity contribution >= 4 is 11.6 Å². The second-order valence-electron chi connectivity index (χ2n) is 2.88. The van der Waals surface area contributed by atoms with Crippen molar-refractivity contribution in [2.75, 3.05) is 11.1 Å². The molecule has 0 atom stereocenters. The van der Waals surface area contributed by atoms with Gasteiger partial charge in [0, 0.05) is 12.3 Å². The minimum absolute atomic E-state index is 0.440. The van der Waals surface area contributed by atoms with E-state index in [1.54, 1.807) is 12.3 Å². The summed E-state index contributed by atoms with van der Waals surface area (Å²) in [5.74, 6) is 1.12. The van der Waals surface area contributed by atoms with Crippen LogP contribution in [0, 0.1) is 0 Å². The van der Waals surface area contributed by atoms with Crippen molar-refractivity contribution in [2.24, 2.45) is 0 Å². The molecule has 0 bridgehead atoms. The van der Waals surface area contributed by atoms with Crippen LogP contribution in [0.4, 0.5) is 11.6 Å². The highest BCUT2D eigenvalue weighted by atomic mass is 15.0. The Hall–Kier alpha value is -2.24. The lowest BCUT2D eigenvalue weighted by Crippen LogP contribution is -2.04. The third-order valence-electron chi connectivity index (χ3n) is 1.78. The zero-order chi connectivity index (χ0) is 10.5. The van der Waals surface area contributed by atoms with E-state index in [1.165, 1.54) is 12.7 Å². The first-order chi connectivity index (χ1) is 7.34. The van der Waals surface area contributed by atoms with Gasteiger partial charge in [0.1, 0.15) is 24.3 Å². The first-order valence-electron chi connectivity index (χ1n) is 4.41. The smallest absolute Gasteiger partial charge is 0.131 e. The summed E-state index contributed by atoms with van der Waals surface area (Å²) in [6.07, 6.45) is 4.61. The van der Waals surface area contributed by atoms with E-state index in [-0.39, 0.29) is 0 Å². The predicted molar refractivity (Wildman–Crippen MR) is 55.8 cm³/mol. The van der Waals surface area contributed by atoms with E-state index in [9.17, 15) is 0 Å². The molecule has 0 aliphatic carbocycles. The molecule has 0 aliphatic heterocycles. The summed E-state index contributed by atoms with van der Waals surface area (Å²) in [4.78, 5) is 15.7. The average Bonchev–Trinajstić information content (AvgIpc) is 2.28. The Bertz CT molecular complexity index is 430. The third-order valence-corrected chi connectivity index (χ3v) is 1.78. The molecule has 2 rings (SSSR count). The van der Waals surface area contributed by atoms with Crippen LogP contribution in [0.3, 0.4) is 0 Å². The minimum atomic E-state index is 0.440. The van der Waals surface area contributed by atoms with Crippen molar-refractivity contribution in [1.82, 2.24) is 19.9 Å². The van der Waals surface area contributed by atoms with Crippen LogP contribution in [-0.4, -0.2) is 19.9 Å². The van der Waals surface area contributed by atoms with Gasteiger partial charge in [-0.3, -0.25) is 0 Å². The molecule has 0 fully saturated rings. The number of nitrogen functional groups attached to an aromatic ring is 1. The molecule has 15 heavy (non-hydrogen) atoms. The molecule has 2 aromatic heterocycles. The first-order valence-corrected chi connectivity index (χ1v) is 4.41. The lowest BCUT2D eigenvalue weighted by Gasteiger charge is -2.04. The van der Waals surface area contributed by atoms with Crippen LogP contribution in [-0.2, 0) is 6.54 Å². The number of hydrogen-bond donors (Lipinski definition) is 2. The molecule has 6 heteroatoms. The average molecular weight is 202 g/mol. The van der Waals surface area contributed by atoms with Crippen LogP contribution in [0.2, 0.25) is 0 Å². The van der Waals surface area contributed by atoms with Crippen LogP contribution in [0.1, 0.15) is 5.69 Å². The number of rotatable bonds is 3. The predicted octanol–water partition coefficient (Wildman–Crippen LogP) is 0.461. The van der Waals surface area contributed by atoms with Crippen LogP contribution < -0.4 is 11.1 Å². The fourth-order valence-corrected chi connectivity index (χ4v) is 1.07. The maximum absolute atomic E-state index is 5.51. The number of nitrogens with zero attached hydrogens (tertiary/aromatic N) is 4. The zero-order valence-electron chi connectivity index (χ0n) is 7.96. The van der Waals surface area contributed by atoms with Gasteiger partial charge in [0.2, 0.25) is 0 Å². The van der Waals surface area contributed by atoms with Crippen molar-refractivity contribution in [3.8, 4) is 0 Å². The van der Waals surface area contributed by atoms with Crippen molar-refractivity contribution in [2.45, 2.75) is 6.54 Å². The number of aromatic nitrogens is 4. The Morgan fingerprint density at radius 1 is 1.20 bits per heavy atom. The summed E-state index contributed by atoms with van der Waals surface area (Å²) in [5.41, 5.74) is 6.40. The Balaban J connectivity index is 1.99. The van der Waals surface area contributed by atoms with E-state index in [2.05, 4.69) is 25.3 Å². The highest BCUT2D eigenvalue weighted by Gasteiger charge is 1.96. The number of nitrogens with one attached hydrogen (secondary N) is 1. The number of hydrogen-bond acceptors (Lipinski definition) is 6. The van der Waals surface area contributed by atoms with Gasteiger partial charge in [0.15, 0.2) is 0 Å². The summed E-state index contributed by atoms with van der Waals surface area (Å²) in [6.45, 7) is 0.582. The second-order valence-corrected chi connectivity index (χ2v) is 2.88. The van der Waals surface area contributed by atoms with E-state index in [4.69, 9.17) is 5.73 Å². The van der Waals surface area contributed by atoms with Gasteiger partial charge in [0.25, 0.3) is 0 Å². The highest BCUT2D eigenvalue weighted by Crippen LogP contribution is 2.05. The van der Waals surface area contributed by atoms with Crippen molar-refractivity contribution in [3.05, 3.63) is 36.7 Å². The SMILES string of the molecule is Nc1cc(NCc2ccncn2)ncn1. The van der Waals surface area contributed by atoms with Gasteiger partial charge >= 0.3 is 0 Å². The van der Waals surface area contributed by atoms with Crippen LogP contribution in [0.15, 0.2) is 31.0 Å². The molecule has 0 spiro atoms. The van der Waals surface area contributed by atoms with E-state index < -0.39 is 0 Å². The van der Waals surface area contributed by atoms with Gasteiger partial charge in [-0.15, -0.1) is 0 Å². The monoisotopic (exact) mass is 202 g/mol. The Labute approximate surface area is 86.6 Å². The maximum atomic E-state index is 5.51. The molecule has 76 valence electrons. The normalized spacial score (nSPS) is 9.87. The molecular formula is C9H10N6. The molecule has 0 aliphatic rings. The Morgan fingerprint density at radius 2 is 2.13 bits per heavy atom. The van der Waals surface area contributed by atoms with E-state index in [0.29, 0.717) is 18.2 Å². The van der Waals surface area contributed by atoms with Gasteiger partial charge < -0.3 is 11.1 Å². The minimum Gasteiger partial charge on any atom is -0.384 e. The standard InChI is InChI=1S/C9H10N6/c10-8-3-9(15-6-14-8)12-4-7-1-2-11-5-13-7/h1-3,5-6H,4H2,(H3,10,12,14,15). The fourth-order valence-electron chi connectivity index (χ4n) is 1.07. The molecule has 0 saturated heterocycles. The molecule has 2 aromatic rings. The molecule has 0 aromatic carbocycles. The van der Waals surface area contributed by atoms with Crippen LogP contribution in [0.5, 0.6) is 0 Å². The van der Waals surface area contributed by atoms with Gasteiger partial charge in [-0.25, -0.2) is 19.9 Å².